The van der Waals surface area contributed by atoms with Gasteiger partial charge in [0.1, 0.15) is 11.5 Å². The number of ether oxygens (including phenoxy) is 2. The number of hydrogen-bond donors (Lipinski definition) is 1. The molecule has 1 N–H and O–H groups in total. The number of nitrogens with one attached hydrogen (secondary N) is 1. The Morgan fingerprint density at radius 2 is 1.73 bits per heavy atom. The van der Waals surface area contributed by atoms with Crippen LogP contribution in [0.25, 0.3) is 11.5 Å². The molecule has 0 unspecified atom stereocenters. The van der Waals surface area contributed by atoms with Crippen molar-refractivity contribution in [3.05, 3.63) is 48.0 Å². The molecule has 0 radical (unpaired) electrons. The van der Waals surface area contributed by atoms with Crippen LogP contribution in [0.1, 0.15) is 24.2 Å². The van der Waals surface area contributed by atoms with E-state index in [4.69, 9.17) is 13.9 Å². The topological polar surface area (TPSA) is 121 Å². The summed E-state index contributed by atoms with van der Waals surface area (Å²) in [6.45, 7) is 3.20. The number of sulfone groups is 1. The van der Waals surface area contributed by atoms with Crippen molar-refractivity contribution in [1.29, 1.82) is 0 Å². The first-order valence-electron chi connectivity index (χ1n) is 8.97. The molecule has 158 valence electrons. The molecule has 30 heavy (non-hydrogen) atoms. The number of aromatic nitrogens is 2. The Kier molecular flexibility index (Phi) is 6.06. The summed E-state index contributed by atoms with van der Waals surface area (Å²) >= 11 is 0. The van der Waals surface area contributed by atoms with Crippen LogP contribution in [0, 0.1) is 0 Å². The Bertz CT molecular complexity index is 1150. The van der Waals surface area contributed by atoms with E-state index in [2.05, 4.69) is 15.5 Å². The summed E-state index contributed by atoms with van der Waals surface area (Å²) in [7, 11) is -0.369. The predicted octanol–water partition coefficient (Wildman–Crippen LogP) is 3.19. The van der Waals surface area contributed by atoms with Crippen LogP contribution in [0.3, 0.4) is 0 Å². The van der Waals surface area contributed by atoms with Gasteiger partial charge in [-0.25, -0.2) is 8.42 Å². The predicted molar refractivity (Wildman–Crippen MR) is 110 cm³/mol. The van der Waals surface area contributed by atoms with Crippen molar-refractivity contribution in [1.82, 2.24) is 10.2 Å². The van der Waals surface area contributed by atoms with E-state index in [1.165, 1.54) is 31.4 Å². The largest absolute Gasteiger partial charge is 0.497 e. The van der Waals surface area contributed by atoms with E-state index in [1.54, 1.807) is 39.2 Å². The highest BCUT2D eigenvalue weighted by atomic mass is 32.2. The highest BCUT2D eigenvalue weighted by Crippen LogP contribution is 2.33. The standard InChI is InChI=1S/C20H21N3O6S/c1-12(2)30(25,26)15-8-5-13(6-9-15)18(24)21-20-23-22-19(29-20)16-10-7-14(27-3)11-17(16)28-4/h5-12H,1-4H3,(H,21,23,24). The van der Waals surface area contributed by atoms with Crippen molar-refractivity contribution >= 4 is 21.8 Å². The van der Waals surface area contributed by atoms with Gasteiger partial charge in [0.2, 0.25) is 0 Å². The average Bonchev–Trinajstić information content (AvgIpc) is 3.21. The Labute approximate surface area is 174 Å². The van der Waals surface area contributed by atoms with E-state index in [9.17, 15) is 13.2 Å². The Morgan fingerprint density at radius 3 is 2.33 bits per heavy atom. The fourth-order valence-corrected chi connectivity index (χ4v) is 3.65. The third-order valence-corrected chi connectivity index (χ3v) is 6.52. The van der Waals surface area contributed by atoms with Gasteiger partial charge in [-0.2, -0.15) is 0 Å². The van der Waals surface area contributed by atoms with Crippen molar-refractivity contribution in [2.24, 2.45) is 0 Å². The van der Waals surface area contributed by atoms with Gasteiger partial charge >= 0.3 is 6.01 Å². The SMILES string of the molecule is COc1ccc(-c2nnc(NC(=O)c3ccc(S(=O)(=O)C(C)C)cc3)o2)c(OC)c1. The van der Waals surface area contributed by atoms with Crippen LogP contribution in [0.4, 0.5) is 6.01 Å². The molecule has 1 aromatic heterocycles. The molecule has 0 aliphatic rings. The summed E-state index contributed by atoms with van der Waals surface area (Å²) in [5.41, 5.74) is 0.786. The lowest BCUT2D eigenvalue weighted by Gasteiger charge is -2.08. The second-order valence-corrected chi connectivity index (χ2v) is 9.06. The van der Waals surface area contributed by atoms with E-state index >= 15 is 0 Å². The molecule has 0 aliphatic heterocycles. The van der Waals surface area contributed by atoms with E-state index in [0.29, 0.717) is 17.1 Å². The molecule has 1 amide bonds. The average molecular weight is 431 g/mol. The quantitative estimate of drug-likeness (QED) is 0.605. The molecule has 0 atom stereocenters. The summed E-state index contributed by atoms with van der Waals surface area (Å²) in [5, 5.41) is 9.70. The van der Waals surface area contributed by atoms with Crippen LogP contribution in [0.5, 0.6) is 11.5 Å². The molecular weight excluding hydrogens is 410 g/mol. The zero-order chi connectivity index (χ0) is 21.9. The van der Waals surface area contributed by atoms with Crippen molar-refractivity contribution in [3.8, 4) is 23.0 Å². The summed E-state index contributed by atoms with van der Waals surface area (Å²) in [6.07, 6.45) is 0. The molecule has 3 aromatic rings. The smallest absolute Gasteiger partial charge is 0.322 e. The molecule has 0 fully saturated rings. The molecular formula is C20H21N3O6S. The summed E-state index contributed by atoms with van der Waals surface area (Å²) in [4.78, 5) is 12.6. The molecule has 3 rings (SSSR count). The number of amides is 1. The van der Waals surface area contributed by atoms with E-state index < -0.39 is 21.0 Å². The van der Waals surface area contributed by atoms with Gasteiger partial charge < -0.3 is 13.9 Å². The number of methoxy groups -OCH3 is 2. The molecule has 9 nitrogen and oxygen atoms in total. The minimum Gasteiger partial charge on any atom is -0.497 e. The molecule has 0 spiro atoms. The van der Waals surface area contributed by atoms with Crippen LogP contribution in [-0.2, 0) is 9.84 Å². The lowest BCUT2D eigenvalue weighted by Crippen LogP contribution is -2.15. The number of hydrogen-bond acceptors (Lipinski definition) is 8. The van der Waals surface area contributed by atoms with Gasteiger partial charge in [0, 0.05) is 11.6 Å². The van der Waals surface area contributed by atoms with Gasteiger partial charge in [-0.15, -0.1) is 5.10 Å². The van der Waals surface area contributed by atoms with Gasteiger partial charge in [-0.1, -0.05) is 5.10 Å². The van der Waals surface area contributed by atoms with Crippen LogP contribution in [0.2, 0.25) is 0 Å². The Hall–Kier alpha value is -3.40. The second-order valence-electron chi connectivity index (χ2n) is 6.55. The van der Waals surface area contributed by atoms with Gasteiger partial charge in [0.15, 0.2) is 9.84 Å². The first-order valence-corrected chi connectivity index (χ1v) is 10.5. The summed E-state index contributed by atoms with van der Waals surface area (Å²) < 4.78 is 40.3. The van der Waals surface area contributed by atoms with Crippen molar-refractivity contribution < 1.29 is 27.1 Å². The summed E-state index contributed by atoms with van der Waals surface area (Å²) in [5.74, 6) is 0.716. The van der Waals surface area contributed by atoms with Crippen LogP contribution in [0.15, 0.2) is 51.8 Å². The van der Waals surface area contributed by atoms with Crippen LogP contribution < -0.4 is 14.8 Å². The third-order valence-electron chi connectivity index (χ3n) is 4.35. The number of carbonyl (C=O) groups excluding carboxylic acids is 1. The van der Waals surface area contributed by atoms with E-state index in [0.717, 1.165) is 0 Å². The monoisotopic (exact) mass is 431 g/mol. The van der Waals surface area contributed by atoms with Crippen molar-refractivity contribution in [2.45, 2.75) is 24.0 Å². The van der Waals surface area contributed by atoms with Crippen LogP contribution >= 0.6 is 0 Å². The van der Waals surface area contributed by atoms with Gasteiger partial charge in [-0.05, 0) is 50.2 Å². The second kappa shape index (κ2) is 8.54. The van der Waals surface area contributed by atoms with Gasteiger partial charge in [0.05, 0.1) is 29.9 Å². The Morgan fingerprint density at radius 1 is 1.03 bits per heavy atom. The van der Waals surface area contributed by atoms with Crippen LogP contribution in [-0.4, -0.2) is 44.0 Å². The first-order chi connectivity index (χ1) is 14.3. The first kappa shape index (κ1) is 21.3. The zero-order valence-electron chi connectivity index (χ0n) is 16.9. The van der Waals surface area contributed by atoms with Gasteiger partial charge in [-0.3, -0.25) is 10.1 Å². The highest BCUT2D eigenvalue weighted by Gasteiger charge is 2.20. The minimum atomic E-state index is -3.41. The number of nitrogens with zero attached hydrogens (tertiary/aromatic N) is 2. The number of rotatable bonds is 7. The maximum absolute atomic E-state index is 12.4. The minimum absolute atomic E-state index is 0.105. The van der Waals surface area contributed by atoms with E-state index in [-0.39, 0.29) is 22.4 Å². The normalized spacial score (nSPS) is 11.4. The number of anilines is 1. The molecule has 0 aliphatic carbocycles. The molecule has 0 saturated heterocycles. The maximum atomic E-state index is 12.4. The maximum Gasteiger partial charge on any atom is 0.322 e. The van der Waals surface area contributed by atoms with Crippen molar-refractivity contribution in [2.75, 3.05) is 19.5 Å². The molecule has 0 saturated carbocycles. The zero-order valence-corrected chi connectivity index (χ0v) is 17.7. The number of carbonyl (C=O) groups is 1. The molecule has 2 aromatic carbocycles. The fourth-order valence-electron chi connectivity index (χ4n) is 2.60. The lowest BCUT2D eigenvalue weighted by atomic mass is 10.2. The van der Waals surface area contributed by atoms with Gasteiger partial charge in [0.25, 0.3) is 11.8 Å². The van der Waals surface area contributed by atoms with E-state index in [1.807, 2.05) is 0 Å². The van der Waals surface area contributed by atoms with Crippen molar-refractivity contribution in [3.63, 3.8) is 0 Å². The third kappa shape index (κ3) is 4.28. The Balaban J connectivity index is 1.77. The molecule has 1 heterocycles. The summed E-state index contributed by atoms with van der Waals surface area (Å²) in [6, 6.07) is 10.6. The molecule has 10 heteroatoms. The number of benzene rings is 2. The fraction of sp³-hybridized carbons (Fsp3) is 0.250. The lowest BCUT2D eigenvalue weighted by molar-refractivity contribution is 0.102. The molecule has 0 bridgehead atoms. The highest BCUT2D eigenvalue weighted by molar-refractivity contribution is 7.92.